The average Bonchev–Trinajstić information content (AvgIpc) is 3.06. The lowest BCUT2D eigenvalue weighted by Crippen LogP contribution is -2.44. The normalized spacial score (nSPS) is 16.0. The van der Waals surface area contributed by atoms with Crippen molar-refractivity contribution < 1.29 is 18.7 Å². The molecule has 1 N–H and O–H groups in total. The van der Waals surface area contributed by atoms with E-state index in [2.05, 4.69) is 10.4 Å². The van der Waals surface area contributed by atoms with Crippen LogP contribution in [0.25, 0.3) is 0 Å². The number of aryl methyl sites for hydroxylation is 1. The molecule has 0 saturated carbocycles. The molecule has 0 radical (unpaired) electrons. The lowest BCUT2D eigenvalue weighted by molar-refractivity contribution is -0.134. The standard InChI is InChI=1S/C20H25FN4O3/c1-24-11-15-12-25(18(26)8-10-28-2)13-17(19(15)23-24)20(27)22-9-7-14-3-5-16(21)6-4-14/h3-6,11,17H,7-10,12-13H2,1-2H3,(H,22,27). The number of aromatic nitrogens is 2. The first-order valence-electron chi connectivity index (χ1n) is 9.29. The topological polar surface area (TPSA) is 76.5 Å². The maximum Gasteiger partial charge on any atom is 0.231 e. The van der Waals surface area contributed by atoms with Crippen molar-refractivity contribution in [2.45, 2.75) is 25.3 Å². The molecule has 7 nitrogen and oxygen atoms in total. The number of amides is 2. The lowest BCUT2D eigenvalue weighted by atomic mass is 9.95. The predicted octanol–water partition coefficient (Wildman–Crippen LogP) is 1.38. The van der Waals surface area contributed by atoms with Gasteiger partial charge in [0, 0.05) is 45.6 Å². The highest BCUT2D eigenvalue weighted by Crippen LogP contribution is 2.27. The first-order chi connectivity index (χ1) is 13.5. The van der Waals surface area contributed by atoms with Crippen molar-refractivity contribution in [2.24, 2.45) is 7.05 Å². The molecule has 3 rings (SSSR count). The van der Waals surface area contributed by atoms with E-state index in [9.17, 15) is 14.0 Å². The number of fused-ring (bicyclic) bond motifs is 1. The number of halogens is 1. The van der Waals surface area contributed by atoms with Crippen molar-refractivity contribution in [2.75, 3.05) is 26.8 Å². The largest absolute Gasteiger partial charge is 0.384 e. The SMILES string of the molecule is COCCC(=O)N1Cc2cn(C)nc2C(C(=O)NCCc2ccc(F)cc2)C1. The van der Waals surface area contributed by atoms with Gasteiger partial charge < -0.3 is 15.0 Å². The van der Waals surface area contributed by atoms with Crippen LogP contribution in [0.5, 0.6) is 0 Å². The Labute approximate surface area is 163 Å². The number of rotatable bonds is 7. The molecule has 1 aliphatic heterocycles. The van der Waals surface area contributed by atoms with Gasteiger partial charge in [0.1, 0.15) is 5.82 Å². The van der Waals surface area contributed by atoms with Gasteiger partial charge in [-0.1, -0.05) is 12.1 Å². The number of methoxy groups -OCH3 is 1. The molecule has 28 heavy (non-hydrogen) atoms. The molecule has 8 heteroatoms. The van der Waals surface area contributed by atoms with E-state index >= 15 is 0 Å². The summed E-state index contributed by atoms with van der Waals surface area (Å²) in [6.07, 6.45) is 2.74. The van der Waals surface area contributed by atoms with Crippen LogP contribution >= 0.6 is 0 Å². The minimum absolute atomic E-state index is 0.0412. The molecule has 0 aliphatic carbocycles. The quantitative estimate of drug-likeness (QED) is 0.778. The molecule has 1 aliphatic rings. The summed E-state index contributed by atoms with van der Waals surface area (Å²) >= 11 is 0. The van der Waals surface area contributed by atoms with Crippen LogP contribution in [0.15, 0.2) is 30.5 Å². The zero-order valence-electron chi connectivity index (χ0n) is 16.2. The fraction of sp³-hybridized carbons (Fsp3) is 0.450. The van der Waals surface area contributed by atoms with Crippen LogP contribution in [-0.2, 0) is 34.3 Å². The third-order valence-corrected chi connectivity index (χ3v) is 4.85. The molecule has 0 bridgehead atoms. The summed E-state index contributed by atoms with van der Waals surface area (Å²) < 4.78 is 19.6. The van der Waals surface area contributed by atoms with E-state index in [0.29, 0.717) is 32.7 Å². The van der Waals surface area contributed by atoms with Crippen LogP contribution in [0.1, 0.15) is 29.2 Å². The first-order valence-corrected chi connectivity index (χ1v) is 9.29. The van der Waals surface area contributed by atoms with E-state index in [4.69, 9.17) is 4.74 Å². The number of carbonyl (C=O) groups is 2. The van der Waals surface area contributed by atoms with Gasteiger partial charge in [-0.25, -0.2) is 4.39 Å². The Kier molecular flexibility index (Phi) is 6.41. The summed E-state index contributed by atoms with van der Waals surface area (Å²) in [6, 6.07) is 6.22. The van der Waals surface area contributed by atoms with Gasteiger partial charge in [-0.3, -0.25) is 14.3 Å². The summed E-state index contributed by atoms with van der Waals surface area (Å²) in [5, 5.41) is 7.36. The second kappa shape index (κ2) is 8.97. The van der Waals surface area contributed by atoms with Crippen molar-refractivity contribution in [1.82, 2.24) is 20.0 Å². The van der Waals surface area contributed by atoms with E-state index in [1.807, 2.05) is 6.20 Å². The van der Waals surface area contributed by atoms with Crippen LogP contribution in [-0.4, -0.2) is 53.3 Å². The average molecular weight is 388 g/mol. The third kappa shape index (κ3) is 4.75. The van der Waals surface area contributed by atoms with Gasteiger partial charge in [0.25, 0.3) is 0 Å². The molecule has 1 unspecified atom stereocenters. The van der Waals surface area contributed by atoms with Crippen molar-refractivity contribution in [3.8, 4) is 0 Å². The molecule has 150 valence electrons. The van der Waals surface area contributed by atoms with Gasteiger partial charge in [-0.2, -0.15) is 5.10 Å². The summed E-state index contributed by atoms with van der Waals surface area (Å²) in [7, 11) is 3.36. The Bertz CT molecular complexity index is 834. The molecule has 2 aromatic rings. The lowest BCUT2D eigenvalue weighted by Gasteiger charge is -2.31. The van der Waals surface area contributed by atoms with Crippen LogP contribution in [0, 0.1) is 5.82 Å². The summed E-state index contributed by atoms with van der Waals surface area (Å²) in [4.78, 5) is 26.9. The number of nitrogens with one attached hydrogen (secondary N) is 1. The van der Waals surface area contributed by atoms with Crippen LogP contribution < -0.4 is 5.32 Å². The smallest absolute Gasteiger partial charge is 0.231 e. The molecular formula is C20H25FN4O3. The minimum atomic E-state index is -0.510. The number of carbonyl (C=O) groups excluding carboxylic acids is 2. The molecular weight excluding hydrogens is 363 g/mol. The predicted molar refractivity (Wildman–Crippen MR) is 101 cm³/mol. The second-order valence-corrected chi connectivity index (χ2v) is 6.95. The van der Waals surface area contributed by atoms with E-state index in [1.165, 1.54) is 12.1 Å². The fourth-order valence-corrected chi connectivity index (χ4v) is 3.40. The Balaban J connectivity index is 1.65. The third-order valence-electron chi connectivity index (χ3n) is 4.85. The van der Waals surface area contributed by atoms with Crippen LogP contribution in [0.4, 0.5) is 4.39 Å². The van der Waals surface area contributed by atoms with E-state index in [-0.39, 0.29) is 24.1 Å². The number of hydrogen-bond acceptors (Lipinski definition) is 4. The van der Waals surface area contributed by atoms with Gasteiger partial charge >= 0.3 is 0 Å². The summed E-state index contributed by atoms with van der Waals surface area (Å²) in [5.41, 5.74) is 2.55. The molecule has 1 aromatic heterocycles. The molecule has 2 heterocycles. The van der Waals surface area contributed by atoms with Crippen molar-refractivity contribution >= 4 is 11.8 Å². The van der Waals surface area contributed by atoms with Crippen molar-refractivity contribution in [3.63, 3.8) is 0 Å². The molecule has 2 amide bonds. The van der Waals surface area contributed by atoms with Crippen LogP contribution in [0.3, 0.4) is 0 Å². The van der Waals surface area contributed by atoms with Crippen molar-refractivity contribution in [1.29, 1.82) is 0 Å². The molecule has 0 saturated heterocycles. The molecule has 0 fully saturated rings. The maximum atomic E-state index is 13.0. The van der Waals surface area contributed by atoms with Gasteiger partial charge in [-0.05, 0) is 24.1 Å². The number of ether oxygens (including phenoxy) is 1. The Morgan fingerprint density at radius 2 is 2.07 bits per heavy atom. The van der Waals surface area contributed by atoms with Gasteiger partial charge in [0.05, 0.1) is 24.6 Å². The second-order valence-electron chi connectivity index (χ2n) is 6.95. The molecule has 0 spiro atoms. The molecule has 1 atom stereocenters. The molecule has 1 aromatic carbocycles. The highest BCUT2D eigenvalue weighted by atomic mass is 19.1. The number of benzene rings is 1. The number of nitrogens with zero attached hydrogens (tertiary/aromatic N) is 3. The Morgan fingerprint density at radius 3 is 2.79 bits per heavy atom. The van der Waals surface area contributed by atoms with Crippen molar-refractivity contribution in [3.05, 3.63) is 53.1 Å². The van der Waals surface area contributed by atoms with Gasteiger partial charge in [-0.15, -0.1) is 0 Å². The van der Waals surface area contributed by atoms with E-state index in [0.717, 1.165) is 16.8 Å². The maximum absolute atomic E-state index is 13.0. The Morgan fingerprint density at radius 1 is 1.32 bits per heavy atom. The minimum Gasteiger partial charge on any atom is -0.384 e. The zero-order chi connectivity index (χ0) is 20.1. The fourth-order valence-electron chi connectivity index (χ4n) is 3.40. The highest BCUT2D eigenvalue weighted by Gasteiger charge is 2.34. The van der Waals surface area contributed by atoms with E-state index < -0.39 is 5.92 Å². The van der Waals surface area contributed by atoms with Gasteiger partial charge in [0.2, 0.25) is 11.8 Å². The first kappa shape index (κ1) is 20.0. The Hall–Kier alpha value is -2.74. The van der Waals surface area contributed by atoms with Gasteiger partial charge in [0.15, 0.2) is 0 Å². The highest BCUT2D eigenvalue weighted by molar-refractivity contribution is 5.85. The summed E-state index contributed by atoms with van der Waals surface area (Å²) in [5.74, 6) is -0.993. The van der Waals surface area contributed by atoms with Crippen LogP contribution in [0.2, 0.25) is 0 Å². The summed E-state index contributed by atoms with van der Waals surface area (Å²) in [6.45, 7) is 1.53. The number of hydrogen-bond donors (Lipinski definition) is 1. The van der Waals surface area contributed by atoms with E-state index in [1.54, 1.807) is 35.9 Å². The monoisotopic (exact) mass is 388 g/mol. The zero-order valence-corrected chi connectivity index (χ0v) is 16.2.